The first kappa shape index (κ1) is 18.3. The van der Waals surface area contributed by atoms with Gasteiger partial charge in [-0.2, -0.15) is 0 Å². The molecular formula is C23H19BrN4S. The molecule has 1 aliphatic heterocycles. The van der Waals surface area contributed by atoms with Gasteiger partial charge in [-0.25, -0.2) is 4.98 Å². The third-order valence-electron chi connectivity index (χ3n) is 5.08. The number of fused-ring (bicyclic) bond motifs is 1. The summed E-state index contributed by atoms with van der Waals surface area (Å²) in [5, 5.41) is 4.35. The molecule has 1 aliphatic rings. The lowest BCUT2D eigenvalue weighted by molar-refractivity contribution is 0.960. The highest BCUT2D eigenvalue weighted by atomic mass is 79.9. The molecule has 0 amide bonds. The molecule has 4 nitrogen and oxygen atoms in total. The van der Waals surface area contributed by atoms with Crippen molar-refractivity contribution in [3.05, 3.63) is 70.3 Å². The van der Waals surface area contributed by atoms with E-state index < -0.39 is 0 Å². The summed E-state index contributed by atoms with van der Waals surface area (Å²) < 4.78 is 1.06. The first-order valence-corrected chi connectivity index (χ1v) is 11.1. The van der Waals surface area contributed by atoms with Gasteiger partial charge in [0.25, 0.3) is 0 Å². The van der Waals surface area contributed by atoms with Crippen LogP contribution in [0.15, 0.2) is 64.1 Å². The number of nitrogens with two attached hydrogens (primary N) is 1. The van der Waals surface area contributed by atoms with Gasteiger partial charge >= 0.3 is 0 Å². The molecule has 29 heavy (non-hydrogen) atoms. The van der Waals surface area contributed by atoms with Crippen molar-refractivity contribution in [2.75, 3.05) is 18.8 Å². The van der Waals surface area contributed by atoms with Crippen molar-refractivity contribution in [2.45, 2.75) is 6.92 Å². The Labute approximate surface area is 181 Å². The van der Waals surface area contributed by atoms with E-state index in [4.69, 9.17) is 10.7 Å². The number of rotatable bonds is 3. The number of nitrogens with one attached hydrogen (secondary N) is 1. The van der Waals surface area contributed by atoms with Gasteiger partial charge in [0.1, 0.15) is 10.7 Å². The minimum absolute atomic E-state index is 0.791. The van der Waals surface area contributed by atoms with E-state index in [9.17, 15) is 0 Å². The zero-order valence-corrected chi connectivity index (χ0v) is 18.3. The van der Waals surface area contributed by atoms with E-state index >= 15 is 0 Å². The van der Waals surface area contributed by atoms with Crippen LogP contribution in [0, 0.1) is 6.92 Å². The average Bonchev–Trinajstić information content (AvgIpc) is 3.37. The molecule has 3 heterocycles. The highest BCUT2D eigenvalue weighted by molar-refractivity contribution is 9.10. The van der Waals surface area contributed by atoms with Crippen LogP contribution < -0.4 is 11.1 Å². The average molecular weight is 463 g/mol. The largest absolute Gasteiger partial charge is 0.397 e. The van der Waals surface area contributed by atoms with Crippen molar-refractivity contribution in [1.82, 2.24) is 10.3 Å². The predicted molar refractivity (Wildman–Crippen MR) is 127 cm³/mol. The van der Waals surface area contributed by atoms with E-state index in [0.29, 0.717) is 0 Å². The summed E-state index contributed by atoms with van der Waals surface area (Å²) in [6.07, 6.45) is 0. The number of hydrogen-bond acceptors (Lipinski definition) is 5. The van der Waals surface area contributed by atoms with E-state index in [1.165, 1.54) is 0 Å². The molecular weight excluding hydrogens is 444 g/mol. The fourth-order valence-electron chi connectivity index (χ4n) is 3.69. The van der Waals surface area contributed by atoms with E-state index in [1.54, 1.807) is 11.3 Å². The summed E-state index contributed by atoms with van der Waals surface area (Å²) in [5.41, 5.74) is 12.9. The summed E-state index contributed by atoms with van der Waals surface area (Å²) in [4.78, 5) is 11.3. The highest BCUT2D eigenvalue weighted by Gasteiger charge is 2.18. The summed E-state index contributed by atoms with van der Waals surface area (Å²) in [5.74, 6) is 0.968. The van der Waals surface area contributed by atoms with Gasteiger partial charge < -0.3 is 11.1 Å². The fraction of sp³-hybridized carbons (Fsp3) is 0.130. The Balaban J connectivity index is 1.63. The number of nitrogen functional groups attached to an aromatic ring is 1. The van der Waals surface area contributed by atoms with Crippen LogP contribution >= 0.6 is 27.3 Å². The number of hydrogen-bond donors (Lipinski definition) is 2. The first-order valence-electron chi connectivity index (χ1n) is 9.45. The normalized spacial score (nSPS) is 13.5. The smallest absolute Gasteiger partial charge is 0.128 e. The zero-order chi connectivity index (χ0) is 20.0. The van der Waals surface area contributed by atoms with E-state index in [1.807, 2.05) is 6.92 Å². The Morgan fingerprint density at radius 1 is 1.00 bits per heavy atom. The van der Waals surface area contributed by atoms with Gasteiger partial charge in [0.05, 0.1) is 17.1 Å². The number of aryl methyl sites for hydroxylation is 1. The van der Waals surface area contributed by atoms with Crippen molar-refractivity contribution >= 4 is 49.0 Å². The van der Waals surface area contributed by atoms with Gasteiger partial charge in [0.2, 0.25) is 0 Å². The number of halogens is 1. The maximum Gasteiger partial charge on any atom is 0.128 e. The molecule has 144 valence electrons. The van der Waals surface area contributed by atoms with Gasteiger partial charge in [-0.3, -0.25) is 4.99 Å². The van der Waals surface area contributed by atoms with Gasteiger partial charge in [-0.1, -0.05) is 52.3 Å². The Bertz CT molecular complexity index is 1240. The van der Waals surface area contributed by atoms with Crippen LogP contribution in [0.3, 0.4) is 0 Å². The second kappa shape index (κ2) is 7.28. The summed E-state index contributed by atoms with van der Waals surface area (Å²) in [6, 6.07) is 18.9. The quantitative estimate of drug-likeness (QED) is 0.414. The number of pyridine rings is 1. The van der Waals surface area contributed by atoms with Crippen LogP contribution in [0.5, 0.6) is 0 Å². The molecule has 0 aliphatic carbocycles. The molecule has 0 unspecified atom stereocenters. The summed E-state index contributed by atoms with van der Waals surface area (Å²) in [7, 11) is 0. The van der Waals surface area contributed by atoms with Crippen LogP contribution in [-0.4, -0.2) is 23.9 Å². The molecule has 0 bridgehead atoms. The van der Waals surface area contributed by atoms with Crippen molar-refractivity contribution in [3.63, 3.8) is 0 Å². The Hall–Kier alpha value is -2.70. The second-order valence-corrected chi connectivity index (χ2v) is 8.99. The Kier molecular flexibility index (Phi) is 4.60. The number of anilines is 1. The molecule has 0 saturated carbocycles. The molecule has 0 spiro atoms. The maximum absolute atomic E-state index is 6.67. The summed E-state index contributed by atoms with van der Waals surface area (Å²) >= 11 is 5.16. The number of aromatic nitrogens is 1. The lowest BCUT2D eigenvalue weighted by Gasteiger charge is -2.07. The molecule has 0 saturated heterocycles. The van der Waals surface area contributed by atoms with Crippen LogP contribution in [0.4, 0.5) is 5.69 Å². The Morgan fingerprint density at radius 3 is 2.38 bits per heavy atom. The zero-order valence-electron chi connectivity index (χ0n) is 15.9. The first-order chi connectivity index (χ1) is 14.1. The second-order valence-electron chi connectivity index (χ2n) is 7.08. The molecule has 2 aromatic carbocycles. The predicted octanol–water partition coefficient (Wildman–Crippen LogP) is 5.63. The topological polar surface area (TPSA) is 63.3 Å². The van der Waals surface area contributed by atoms with Crippen LogP contribution in [0.2, 0.25) is 0 Å². The lowest BCUT2D eigenvalue weighted by Crippen LogP contribution is -2.19. The van der Waals surface area contributed by atoms with Gasteiger partial charge in [0, 0.05) is 27.7 Å². The number of thiophene rings is 1. The van der Waals surface area contributed by atoms with E-state index in [-0.39, 0.29) is 0 Å². The van der Waals surface area contributed by atoms with Crippen LogP contribution in [-0.2, 0) is 0 Å². The monoisotopic (exact) mass is 462 g/mol. The third kappa shape index (κ3) is 3.32. The van der Waals surface area contributed by atoms with Crippen LogP contribution in [0.1, 0.15) is 11.3 Å². The molecule has 0 fully saturated rings. The highest BCUT2D eigenvalue weighted by Crippen LogP contribution is 2.44. The molecule has 5 rings (SSSR count). The van der Waals surface area contributed by atoms with Crippen LogP contribution in [0.25, 0.3) is 31.8 Å². The minimum Gasteiger partial charge on any atom is -0.397 e. The van der Waals surface area contributed by atoms with Crippen molar-refractivity contribution in [1.29, 1.82) is 0 Å². The lowest BCUT2D eigenvalue weighted by atomic mass is 10.0. The molecule has 3 N–H and O–H groups in total. The molecule has 2 aromatic heterocycles. The van der Waals surface area contributed by atoms with E-state index in [2.05, 4.69) is 80.8 Å². The molecule has 0 radical (unpaired) electrons. The van der Waals surface area contributed by atoms with E-state index in [0.717, 1.165) is 72.1 Å². The van der Waals surface area contributed by atoms with Crippen molar-refractivity contribution in [2.24, 2.45) is 4.99 Å². The minimum atomic E-state index is 0.791. The summed E-state index contributed by atoms with van der Waals surface area (Å²) in [6.45, 7) is 3.77. The molecule has 4 aromatic rings. The standard InChI is InChI=1S/C23H19BrN4S/c1-13-12-18(14-6-8-17(24)9-7-14)19-20(25)21(29-23(19)28-13)15-2-4-16(5-3-15)22-26-10-11-27-22/h2-9,12H,10-11,25H2,1H3,(H,26,27). The van der Waals surface area contributed by atoms with Gasteiger partial charge in [-0.05, 0) is 41.8 Å². The number of amidine groups is 1. The maximum atomic E-state index is 6.67. The number of nitrogens with zero attached hydrogens (tertiary/aromatic N) is 2. The van der Waals surface area contributed by atoms with Gasteiger partial charge in [0.15, 0.2) is 0 Å². The fourth-order valence-corrected chi connectivity index (χ4v) is 5.12. The van der Waals surface area contributed by atoms with Gasteiger partial charge in [-0.15, -0.1) is 11.3 Å². The number of benzene rings is 2. The molecule has 6 heteroatoms. The third-order valence-corrected chi connectivity index (χ3v) is 6.75. The van der Waals surface area contributed by atoms with Crippen molar-refractivity contribution < 1.29 is 0 Å². The number of aliphatic imine (C=N–C) groups is 1. The van der Waals surface area contributed by atoms with Crippen molar-refractivity contribution in [3.8, 4) is 21.6 Å². The Morgan fingerprint density at radius 2 is 1.69 bits per heavy atom. The SMILES string of the molecule is Cc1cc(-c2ccc(Br)cc2)c2c(N)c(-c3ccc(C4=NCCN4)cc3)sc2n1. The molecule has 0 atom stereocenters.